The zero-order valence-corrected chi connectivity index (χ0v) is 27.7. The zero-order valence-electron chi connectivity index (χ0n) is 27.7. The van der Waals surface area contributed by atoms with Gasteiger partial charge in [0, 0.05) is 31.4 Å². The van der Waals surface area contributed by atoms with Crippen molar-refractivity contribution in [3.05, 3.63) is 65.8 Å². The molecule has 256 valence electrons. The Morgan fingerprint density at radius 2 is 1.77 bits per heavy atom. The van der Waals surface area contributed by atoms with Gasteiger partial charge in [-0.3, -0.25) is 9.59 Å². The van der Waals surface area contributed by atoms with Crippen LogP contribution < -0.4 is 10.6 Å². The van der Waals surface area contributed by atoms with Crippen LogP contribution in [-0.2, 0) is 30.3 Å². The molecule has 2 amide bonds. The number of rotatable bonds is 5. The molecule has 0 aromatic heterocycles. The highest BCUT2D eigenvalue weighted by Gasteiger charge is 2.54. The van der Waals surface area contributed by atoms with Crippen LogP contribution in [0.25, 0.3) is 0 Å². The number of phenolic OH excluding ortho intramolecular Hbond substituents is 2. The number of ether oxygens (including phenoxy) is 2. The fraction of sp³-hybridized carbons (Fsp3) is 0.541. The standard InChI is InChI=1S/C37H50N2O8/c1-24-13-12-16-27-21-28(40)22-30(34(27)43)38-32(41)23-29(46-3)17-10-5-4-6-11-18-31(25(2)33(24)42)47-36(45)37(19-20-37)39-35(44)26-14-8-7-9-15-26/h4-6,10-11,13,17,21-22,25-26,29,31,33,40,42-43H,7-9,12,14-16,18-20,23H2,1-3H3,(H,38,41)(H,39,44)/b5-4-,11-6-,17-10-,24-13-/t25-,29-,31-,33-/m0/s1. The van der Waals surface area contributed by atoms with E-state index in [-0.39, 0.29) is 35.4 Å². The molecule has 0 radical (unpaired) electrons. The number of hydrogen-bond donors (Lipinski definition) is 5. The lowest BCUT2D eigenvalue weighted by atomic mass is 9.88. The Hall–Kier alpha value is -3.89. The molecule has 2 fully saturated rings. The lowest BCUT2D eigenvalue weighted by molar-refractivity contribution is -0.158. The van der Waals surface area contributed by atoms with E-state index in [2.05, 4.69) is 10.6 Å². The van der Waals surface area contributed by atoms with Crippen molar-refractivity contribution in [2.75, 3.05) is 12.4 Å². The van der Waals surface area contributed by atoms with Gasteiger partial charge in [0.05, 0.1) is 24.3 Å². The molecule has 10 heteroatoms. The zero-order chi connectivity index (χ0) is 34.0. The summed E-state index contributed by atoms with van der Waals surface area (Å²) in [6, 6.07) is 2.73. The summed E-state index contributed by atoms with van der Waals surface area (Å²) >= 11 is 0. The van der Waals surface area contributed by atoms with E-state index in [0.29, 0.717) is 43.2 Å². The van der Waals surface area contributed by atoms with Crippen molar-refractivity contribution >= 4 is 23.5 Å². The molecule has 2 aliphatic carbocycles. The number of esters is 1. The van der Waals surface area contributed by atoms with Crippen LogP contribution in [0.15, 0.2) is 60.2 Å². The van der Waals surface area contributed by atoms with Crippen LogP contribution in [0.5, 0.6) is 11.5 Å². The number of aliphatic hydroxyl groups is 1. The predicted octanol–water partition coefficient (Wildman–Crippen LogP) is 5.53. The molecule has 47 heavy (non-hydrogen) atoms. The number of fused-ring (bicyclic) bond motifs is 2. The maximum Gasteiger partial charge on any atom is 0.332 e. The van der Waals surface area contributed by atoms with Crippen LogP contribution in [0.3, 0.4) is 0 Å². The van der Waals surface area contributed by atoms with E-state index in [1.807, 2.05) is 25.2 Å². The Morgan fingerprint density at radius 3 is 2.47 bits per heavy atom. The molecule has 2 saturated carbocycles. The summed E-state index contributed by atoms with van der Waals surface area (Å²) in [4.78, 5) is 39.2. The summed E-state index contributed by atoms with van der Waals surface area (Å²) in [5, 5.41) is 38.1. The van der Waals surface area contributed by atoms with Gasteiger partial charge in [-0.15, -0.1) is 0 Å². The normalized spacial score (nSPS) is 29.1. The summed E-state index contributed by atoms with van der Waals surface area (Å²) in [5.41, 5.74) is 0.204. The van der Waals surface area contributed by atoms with Crippen LogP contribution >= 0.6 is 0 Å². The fourth-order valence-corrected chi connectivity index (χ4v) is 6.21. The van der Waals surface area contributed by atoms with Crippen LogP contribution in [-0.4, -0.2) is 64.1 Å². The SMILES string of the molecule is CO[C@H]1\C=C/C=C\C=C/C[C@H](OC(=O)C2(NC(=O)C3CCCCC3)CC2)[C@H](C)[C@@H](O)/C(C)=C\CCc2cc(O)cc(c2O)NC(=O)C1. The van der Waals surface area contributed by atoms with Gasteiger partial charge in [-0.25, -0.2) is 4.79 Å². The van der Waals surface area contributed by atoms with Gasteiger partial charge < -0.3 is 35.4 Å². The number of phenols is 2. The third kappa shape index (κ3) is 10.0. The second kappa shape index (κ2) is 16.8. The highest BCUT2D eigenvalue weighted by Crippen LogP contribution is 2.39. The van der Waals surface area contributed by atoms with E-state index in [9.17, 15) is 29.7 Å². The lowest BCUT2D eigenvalue weighted by Crippen LogP contribution is -2.48. The Morgan fingerprint density at radius 1 is 1.04 bits per heavy atom. The first-order valence-electron chi connectivity index (χ1n) is 16.8. The van der Waals surface area contributed by atoms with Crippen molar-refractivity contribution in [3.8, 4) is 11.5 Å². The van der Waals surface area contributed by atoms with Crippen molar-refractivity contribution in [2.24, 2.45) is 11.8 Å². The molecule has 0 spiro atoms. The van der Waals surface area contributed by atoms with Gasteiger partial charge in [-0.05, 0) is 62.7 Å². The highest BCUT2D eigenvalue weighted by atomic mass is 16.5. The molecule has 1 aromatic carbocycles. The van der Waals surface area contributed by atoms with Gasteiger partial charge in [0.15, 0.2) is 0 Å². The Bertz CT molecular complexity index is 1390. The summed E-state index contributed by atoms with van der Waals surface area (Å²) < 4.78 is 11.5. The molecule has 4 rings (SSSR count). The van der Waals surface area contributed by atoms with E-state index in [4.69, 9.17) is 9.47 Å². The lowest BCUT2D eigenvalue weighted by Gasteiger charge is -2.30. The molecule has 3 aliphatic rings. The maximum atomic E-state index is 13.5. The van der Waals surface area contributed by atoms with Crippen LogP contribution in [0.4, 0.5) is 5.69 Å². The number of nitrogens with one attached hydrogen (secondary N) is 2. The van der Waals surface area contributed by atoms with Gasteiger partial charge in [-0.2, -0.15) is 0 Å². The maximum absolute atomic E-state index is 13.5. The second-order valence-electron chi connectivity index (χ2n) is 13.1. The number of carbonyl (C=O) groups excluding carboxylic acids is 3. The first-order valence-corrected chi connectivity index (χ1v) is 16.8. The average molecular weight is 651 g/mol. The number of aromatic hydroxyl groups is 2. The molecule has 1 aromatic rings. The van der Waals surface area contributed by atoms with Gasteiger partial charge in [-0.1, -0.05) is 68.7 Å². The number of anilines is 1. The highest BCUT2D eigenvalue weighted by molar-refractivity contribution is 5.93. The van der Waals surface area contributed by atoms with E-state index in [1.165, 1.54) is 19.2 Å². The fourth-order valence-electron chi connectivity index (χ4n) is 6.21. The summed E-state index contributed by atoms with van der Waals surface area (Å²) in [7, 11) is 1.50. The second-order valence-corrected chi connectivity index (χ2v) is 13.1. The molecule has 0 saturated heterocycles. The summed E-state index contributed by atoms with van der Waals surface area (Å²) in [6.07, 6.45) is 17.5. The molecule has 0 unspecified atom stereocenters. The number of methoxy groups -OCH3 is 1. The monoisotopic (exact) mass is 650 g/mol. The summed E-state index contributed by atoms with van der Waals surface area (Å²) in [6.45, 7) is 3.64. The average Bonchev–Trinajstić information content (AvgIpc) is 3.84. The quantitative estimate of drug-likeness (QED) is 0.121. The minimum atomic E-state index is -1.00. The first-order chi connectivity index (χ1) is 22.5. The predicted molar refractivity (Wildman–Crippen MR) is 180 cm³/mol. The van der Waals surface area contributed by atoms with Crippen LogP contribution in [0.2, 0.25) is 0 Å². The van der Waals surface area contributed by atoms with E-state index < -0.39 is 41.6 Å². The van der Waals surface area contributed by atoms with Gasteiger partial charge in [0.1, 0.15) is 23.1 Å². The third-order valence-electron chi connectivity index (χ3n) is 9.47. The van der Waals surface area contributed by atoms with Gasteiger partial charge >= 0.3 is 5.97 Å². The number of aliphatic hydroxyl groups excluding tert-OH is 1. The minimum Gasteiger partial charge on any atom is -0.508 e. The molecule has 5 N–H and O–H groups in total. The number of amides is 2. The number of aryl methyl sites for hydroxylation is 1. The molecular formula is C37H50N2O8. The molecule has 2 bridgehead atoms. The van der Waals surface area contributed by atoms with Crippen molar-refractivity contribution in [1.29, 1.82) is 0 Å². The first kappa shape index (κ1) is 36.0. The molecule has 1 aliphatic heterocycles. The van der Waals surface area contributed by atoms with Crippen molar-refractivity contribution in [3.63, 3.8) is 0 Å². The molecular weight excluding hydrogens is 600 g/mol. The minimum absolute atomic E-state index is 0.00549. The Balaban J connectivity index is 1.54. The topological polar surface area (TPSA) is 154 Å². The van der Waals surface area contributed by atoms with Crippen molar-refractivity contribution < 1.29 is 39.2 Å². The van der Waals surface area contributed by atoms with Gasteiger partial charge in [0.2, 0.25) is 11.8 Å². The van der Waals surface area contributed by atoms with E-state index in [1.54, 1.807) is 31.2 Å². The van der Waals surface area contributed by atoms with Crippen molar-refractivity contribution in [1.82, 2.24) is 5.32 Å². The molecule has 10 nitrogen and oxygen atoms in total. The van der Waals surface area contributed by atoms with Crippen LogP contribution in [0, 0.1) is 11.8 Å². The Labute approximate surface area is 277 Å². The smallest absolute Gasteiger partial charge is 0.332 e. The summed E-state index contributed by atoms with van der Waals surface area (Å²) in [5.74, 6) is -1.71. The van der Waals surface area contributed by atoms with E-state index >= 15 is 0 Å². The van der Waals surface area contributed by atoms with E-state index in [0.717, 1.165) is 32.1 Å². The van der Waals surface area contributed by atoms with Crippen LogP contribution in [0.1, 0.15) is 83.6 Å². The molecule has 1 heterocycles. The number of hydrogen-bond acceptors (Lipinski definition) is 8. The molecule has 4 atom stereocenters. The number of allylic oxidation sites excluding steroid dienone is 5. The van der Waals surface area contributed by atoms with Gasteiger partial charge in [0.25, 0.3) is 0 Å². The number of carbonyl (C=O) groups is 3. The Kier molecular flexibility index (Phi) is 12.8. The largest absolute Gasteiger partial charge is 0.508 e. The number of benzene rings is 1. The third-order valence-corrected chi connectivity index (χ3v) is 9.47. The van der Waals surface area contributed by atoms with Crippen molar-refractivity contribution in [2.45, 2.75) is 108 Å².